The predicted octanol–water partition coefficient (Wildman–Crippen LogP) is 0.748. The second-order valence-electron chi connectivity index (χ2n) is 5.43. The molecule has 0 unspecified atom stereocenters. The molecule has 2 rings (SSSR count). The molecule has 1 fully saturated rings. The molecule has 7 heteroatoms. The van der Waals surface area contributed by atoms with E-state index >= 15 is 0 Å². The number of likely N-dealkylation sites (tertiary alicyclic amines) is 1. The van der Waals surface area contributed by atoms with Crippen molar-refractivity contribution in [2.45, 2.75) is 12.8 Å². The van der Waals surface area contributed by atoms with Crippen molar-refractivity contribution >= 4 is 17.8 Å². The molecule has 0 radical (unpaired) electrons. The summed E-state index contributed by atoms with van der Waals surface area (Å²) in [7, 11) is 1.51. The average Bonchev–Trinajstić information content (AvgIpc) is 2.59. The molecule has 1 aliphatic rings. The lowest BCUT2D eigenvalue weighted by Crippen LogP contribution is -2.46. The fourth-order valence-electron chi connectivity index (χ4n) is 2.54. The van der Waals surface area contributed by atoms with E-state index in [9.17, 15) is 14.4 Å². The Morgan fingerprint density at radius 3 is 2.87 bits per heavy atom. The summed E-state index contributed by atoms with van der Waals surface area (Å²) in [6, 6.07) is 6.63. The lowest BCUT2D eigenvalue weighted by atomic mass is 9.98. The van der Waals surface area contributed by atoms with Crippen LogP contribution in [-0.4, -0.2) is 54.5 Å². The first-order valence-electron chi connectivity index (χ1n) is 7.44. The Labute approximate surface area is 134 Å². The van der Waals surface area contributed by atoms with E-state index in [1.807, 2.05) is 0 Å². The Morgan fingerprint density at radius 2 is 2.17 bits per heavy atom. The van der Waals surface area contributed by atoms with Crippen LogP contribution >= 0.6 is 0 Å². The lowest BCUT2D eigenvalue weighted by molar-refractivity contribution is -0.145. The molecule has 1 heterocycles. The number of hydrogen-bond donors (Lipinski definition) is 2. The zero-order valence-corrected chi connectivity index (χ0v) is 12.9. The number of benzene rings is 1. The number of amides is 2. The van der Waals surface area contributed by atoms with E-state index in [1.165, 1.54) is 12.0 Å². The Bertz CT molecular complexity index is 602. The van der Waals surface area contributed by atoms with Gasteiger partial charge in [0.15, 0.2) is 0 Å². The molecule has 0 spiro atoms. The molecule has 23 heavy (non-hydrogen) atoms. The summed E-state index contributed by atoms with van der Waals surface area (Å²) in [4.78, 5) is 36.7. The van der Waals surface area contributed by atoms with Crippen molar-refractivity contribution in [1.82, 2.24) is 10.2 Å². The predicted molar refractivity (Wildman–Crippen MR) is 82.3 cm³/mol. The van der Waals surface area contributed by atoms with Gasteiger partial charge < -0.3 is 20.1 Å². The highest BCUT2D eigenvalue weighted by molar-refractivity contribution is 5.96. The molecule has 1 aliphatic heterocycles. The third-order valence-corrected chi connectivity index (χ3v) is 3.86. The van der Waals surface area contributed by atoms with Crippen LogP contribution in [0.2, 0.25) is 0 Å². The van der Waals surface area contributed by atoms with Gasteiger partial charge in [0.1, 0.15) is 5.75 Å². The van der Waals surface area contributed by atoms with E-state index in [0.29, 0.717) is 30.7 Å². The molecule has 1 aromatic rings. The third-order valence-electron chi connectivity index (χ3n) is 3.86. The van der Waals surface area contributed by atoms with Crippen LogP contribution in [0.4, 0.5) is 0 Å². The van der Waals surface area contributed by atoms with E-state index < -0.39 is 11.9 Å². The molecule has 1 aromatic carbocycles. The first-order chi connectivity index (χ1) is 11.0. The Kier molecular flexibility index (Phi) is 5.56. The number of methoxy groups -OCH3 is 1. The van der Waals surface area contributed by atoms with Crippen LogP contribution in [0, 0.1) is 5.92 Å². The van der Waals surface area contributed by atoms with Gasteiger partial charge in [0.2, 0.25) is 5.91 Å². The lowest BCUT2D eigenvalue weighted by Gasteiger charge is -2.30. The van der Waals surface area contributed by atoms with Gasteiger partial charge in [-0.3, -0.25) is 14.4 Å². The van der Waals surface area contributed by atoms with Crippen LogP contribution in [-0.2, 0) is 9.59 Å². The number of nitrogens with one attached hydrogen (secondary N) is 1. The van der Waals surface area contributed by atoms with Crippen LogP contribution in [0.3, 0.4) is 0 Å². The van der Waals surface area contributed by atoms with Crippen molar-refractivity contribution in [3.63, 3.8) is 0 Å². The summed E-state index contributed by atoms with van der Waals surface area (Å²) in [6.45, 7) is 0.573. The number of carboxylic acid groups (broad SMARTS) is 1. The van der Waals surface area contributed by atoms with Crippen LogP contribution in [0.5, 0.6) is 5.75 Å². The molecule has 1 atom stereocenters. The van der Waals surface area contributed by atoms with E-state index in [-0.39, 0.29) is 24.9 Å². The number of carboxylic acids is 1. The van der Waals surface area contributed by atoms with Gasteiger partial charge in [0.25, 0.3) is 5.91 Å². The number of piperidine rings is 1. The maximum atomic E-state index is 12.1. The largest absolute Gasteiger partial charge is 0.497 e. The van der Waals surface area contributed by atoms with Gasteiger partial charge >= 0.3 is 5.97 Å². The van der Waals surface area contributed by atoms with Crippen LogP contribution in [0.15, 0.2) is 24.3 Å². The topological polar surface area (TPSA) is 95.9 Å². The Morgan fingerprint density at radius 1 is 1.39 bits per heavy atom. The van der Waals surface area contributed by atoms with E-state index in [1.54, 1.807) is 24.3 Å². The molecule has 1 saturated heterocycles. The Balaban J connectivity index is 1.88. The third kappa shape index (κ3) is 4.45. The van der Waals surface area contributed by atoms with Crippen molar-refractivity contribution in [3.8, 4) is 5.75 Å². The molecule has 0 bridgehead atoms. The fraction of sp³-hybridized carbons (Fsp3) is 0.438. The van der Waals surface area contributed by atoms with Crippen LogP contribution in [0.1, 0.15) is 23.2 Å². The highest BCUT2D eigenvalue weighted by Gasteiger charge is 2.28. The summed E-state index contributed by atoms with van der Waals surface area (Å²) in [6.07, 6.45) is 1.24. The van der Waals surface area contributed by atoms with E-state index in [0.717, 1.165) is 0 Å². The van der Waals surface area contributed by atoms with Gasteiger partial charge in [-0.25, -0.2) is 0 Å². The number of hydrogen-bond acceptors (Lipinski definition) is 4. The summed E-state index contributed by atoms with van der Waals surface area (Å²) < 4.78 is 5.05. The molecule has 0 aliphatic carbocycles. The molecular weight excluding hydrogens is 300 g/mol. The quantitative estimate of drug-likeness (QED) is 0.834. The number of ether oxygens (including phenoxy) is 1. The zero-order valence-electron chi connectivity index (χ0n) is 12.9. The summed E-state index contributed by atoms with van der Waals surface area (Å²) in [5.74, 6) is -1.50. The van der Waals surface area contributed by atoms with Gasteiger partial charge in [-0.1, -0.05) is 6.07 Å². The van der Waals surface area contributed by atoms with Crippen molar-refractivity contribution in [2.24, 2.45) is 5.92 Å². The smallest absolute Gasteiger partial charge is 0.308 e. The van der Waals surface area contributed by atoms with Crippen molar-refractivity contribution in [3.05, 3.63) is 29.8 Å². The molecule has 0 aromatic heterocycles. The summed E-state index contributed by atoms with van der Waals surface area (Å²) >= 11 is 0. The van der Waals surface area contributed by atoms with Crippen molar-refractivity contribution < 1.29 is 24.2 Å². The second-order valence-corrected chi connectivity index (χ2v) is 5.43. The number of rotatable bonds is 5. The van der Waals surface area contributed by atoms with Crippen LogP contribution < -0.4 is 10.1 Å². The van der Waals surface area contributed by atoms with E-state index in [4.69, 9.17) is 9.84 Å². The van der Waals surface area contributed by atoms with Crippen molar-refractivity contribution in [2.75, 3.05) is 26.7 Å². The van der Waals surface area contributed by atoms with Gasteiger partial charge in [0, 0.05) is 18.7 Å². The van der Waals surface area contributed by atoms with Gasteiger partial charge in [-0.15, -0.1) is 0 Å². The van der Waals surface area contributed by atoms with Crippen molar-refractivity contribution in [1.29, 1.82) is 0 Å². The standard InChI is InChI=1S/C16H20N2O5/c1-23-13-6-2-4-11(8-13)15(20)17-9-14(19)18-7-3-5-12(10-18)16(21)22/h2,4,6,8,12H,3,5,7,9-10H2,1H3,(H,17,20)(H,21,22)/t12-/m0/s1. The maximum Gasteiger partial charge on any atom is 0.308 e. The minimum absolute atomic E-state index is 0.150. The molecule has 7 nitrogen and oxygen atoms in total. The minimum Gasteiger partial charge on any atom is -0.497 e. The first-order valence-corrected chi connectivity index (χ1v) is 7.44. The molecule has 2 N–H and O–H groups in total. The number of carbonyl (C=O) groups excluding carboxylic acids is 2. The van der Waals surface area contributed by atoms with Gasteiger partial charge in [0.05, 0.1) is 19.6 Å². The van der Waals surface area contributed by atoms with Gasteiger partial charge in [-0.2, -0.15) is 0 Å². The normalized spacial score (nSPS) is 17.4. The van der Waals surface area contributed by atoms with Crippen LogP contribution in [0.25, 0.3) is 0 Å². The number of nitrogens with zero attached hydrogens (tertiary/aromatic N) is 1. The highest BCUT2D eigenvalue weighted by Crippen LogP contribution is 2.16. The number of carbonyl (C=O) groups is 3. The Hall–Kier alpha value is -2.57. The molecular formula is C16H20N2O5. The molecule has 0 saturated carbocycles. The maximum absolute atomic E-state index is 12.1. The first kappa shape index (κ1) is 16.8. The zero-order chi connectivity index (χ0) is 16.8. The van der Waals surface area contributed by atoms with E-state index in [2.05, 4.69) is 5.32 Å². The highest BCUT2D eigenvalue weighted by atomic mass is 16.5. The monoisotopic (exact) mass is 320 g/mol. The minimum atomic E-state index is -0.886. The molecule has 124 valence electrons. The second kappa shape index (κ2) is 7.62. The average molecular weight is 320 g/mol. The summed E-state index contributed by atoms with van der Waals surface area (Å²) in [5, 5.41) is 11.6. The summed E-state index contributed by atoms with van der Waals surface area (Å²) in [5.41, 5.74) is 0.402. The number of aliphatic carboxylic acids is 1. The molecule has 2 amide bonds. The SMILES string of the molecule is COc1cccc(C(=O)NCC(=O)N2CCC[C@H](C(=O)O)C2)c1. The van der Waals surface area contributed by atoms with Gasteiger partial charge in [-0.05, 0) is 31.0 Å². The fourth-order valence-corrected chi connectivity index (χ4v) is 2.54.